The number of hydrogen-bond acceptors (Lipinski definition) is 9. The summed E-state index contributed by atoms with van der Waals surface area (Å²) in [5.41, 5.74) is 7.23. The fourth-order valence-corrected chi connectivity index (χ4v) is 4.49. The van der Waals surface area contributed by atoms with Crippen molar-refractivity contribution in [1.29, 1.82) is 5.41 Å². The van der Waals surface area contributed by atoms with E-state index in [0.29, 0.717) is 29.4 Å². The Bertz CT molecular complexity index is 1650. The predicted molar refractivity (Wildman–Crippen MR) is 143 cm³/mol. The molecular weight excluding hydrogens is 521 g/mol. The van der Waals surface area contributed by atoms with Gasteiger partial charge < -0.3 is 25.3 Å². The molecule has 5 rings (SSSR count). The SMILES string of the molecule is COc1cc(C(Nc2ccc(C(=N)N)c(OC(C)=O)c2)c2nn(-c3ncccc3F)c(=O)[nH]2)cc2c1OCCC2. The van der Waals surface area contributed by atoms with Gasteiger partial charge in [0.25, 0.3) is 0 Å². The van der Waals surface area contributed by atoms with Crippen LogP contribution in [0.3, 0.4) is 0 Å². The maximum absolute atomic E-state index is 14.5. The van der Waals surface area contributed by atoms with E-state index in [1.54, 1.807) is 12.1 Å². The highest BCUT2D eigenvalue weighted by Crippen LogP contribution is 2.39. The average molecular weight is 548 g/mol. The van der Waals surface area contributed by atoms with Crippen molar-refractivity contribution in [3.63, 3.8) is 0 Å². The molecule has 0 fully saturated rings. The lowest BCUT2D eigenvalue weighted by atomic mass is 9.97. The molecule has 13 heteroatoms. The van der Waals surface area contributed by atoms with Crippen molar-refractivity contribution in [3.8, 4) is 23.1 Å². The molecule has 0 saturated heterocycles. The number of aryl methyl sites for hydroxylation is 1. The lowest BCUT2D eigenvalue weighted by Crippen LogP contribution is -2.18. The van der Waals surface area contributed by atoms with Crippen molar-refractivity contribution in [2.24, 2.45) is 5.73 Å². The smallest absolute Gasteiger partial charge is 0.349 e. The van der Waals surface area contributed by atoms with Crippen molar-refractivity contribution >= 4 is 17.5 Å². The Kier molecular flexibility index (Phi) is 7.19. The number of carbonyl (C=O) groups excluding carboxylic acids is 1. The number of amidine groups is 1. The standard InChI is InChI=1S/C27H26FN7O5/c1-14(36)40-20-13-17(7-8-18(20)24(29)30)32-22(16-11-15-5-4-10-39-23(15)21(12-16)38-2)25-33-27(37)35(34-25)26-19(28)6-3-9-31-26/h3,6-9,11-13,22,32H,4-5,10H2,1-2H3,(H3,29,30)(H,33,34,37). The molecule has 4 aromatic rings. The summed E-state index contributed by atoms with van der Waals surface area (Å²) in [7, 11) is 1.53. The Balaban J connectivity index is 1.64. The highest BCUT2D eigenvalue weighted by atomic mass is 19.1. The van der Waals surface area contributed by atoms with Gasteiger partial charge in [-0.25, -0.2) is 14.2 Å². The summed E-state index contributed by atoms with van der Waals surface area (Å²) in [5, 5.41) is 15.5. The van der Waals surface area contributed by atoms with Gasteiger partial charge in [0.05, 0.1) is 19.3 Å². The molecule has 0 aliphatic carbocycles. The summed E-state index contributed by atoms with van der Waals surface area (Å²) in [5.74, 6) is -0.458. The largest absolute Gasteiger partial charge is 0.493 e. The van der Waals surface area contributed by atoms with E-state index in [1.807, 2.05) is 6.07 Å². The minimum absolute atomic E-state index is 0.0785. The predicted octanol–water partition coefficient (Wildman–Crippen LogP) is 2.84. The number of aromatic nitrogens is 4. The van der Waals surface area contributed by atoms with Crippen LogP contribution in [0.25, 0.3) is 5.82 Å². The van der Waals surface area contributed by atoms with E-state index in [1.165, 1.54) is 44.5 Å². The van der Waals surface area contributed by atoms with Crippen LogP contribution in [-0.2, 0) is 11.2 Å². The van der Waals surface area contributed by atoms with Crippen LogP contribution in [0.15, 0.2) is 53.5 Å². The maximum atomic E-state index is 14.5. The Morgan fingerprint density at radius 3 is 2.83 bits per heavy atom. The lowest BCUT2D eigenvalue weighted by molar-refractivity contribution is -0.131. The summed E-state index contributed by atoms with van der Waals surface area (Å²) >= 11 is 0. The summed E-state index contributed by atoms with van der Waals surface area (Å²) < 4.78 is 32.1. The Labute approximate surface area is 227 Å². The summed E-state index contributed by atoms with van der Waals surface area (Å²) in [4.78, 5) is 31.3. The first kappa shape index (κ1) is 26.4. The molecule has 5 N–H and O–H groups in total. The zero-order valence-corrected chi connectivity index (χ0v) is 21.7. The van der Waals surface area contributed by atoms with Crippen LogP contribution in [0.2, 0.25) is 0 Å². The minimum Gasteiger partial charge on any atom is -0.493 e. The molecule has 0 bridgehead atoms. The van der Waals surface area contributed by atoms with Crippen LogP contribution >= 0.6 is 0 Å². The molecule has 0 spiro atoms. The number of nitrogens with zero attached hydrogens (tertiary/aromatic N) is 3. The van der Waals surface area contributed by atoms with Gasteiger partial charge >= 0.3 is 11.7 Å². The molecule has 0 radical (unpaired) electrons. The molecular formula is C27H26FN7O5. The van der Waals surface area contributed by atoms with Crippen LogP contribution in [0, 0.1) is 11.2 Å². The van der Waals surface area contributed by atoms with Gasteiger partial charge in [0.2, 0.25) is 0 Å². The molecule has 206 valence electrons. The van der Waals surface area contributed by atoms with Crippen molar-refractivity contribution < 1.29 is 23.4 Å². The van der Waals surface area contributed by atoms with Gasteiger partial charge in [-0.2, -0.15) is 4.68 Å². The Morgan fingerprint density at radius 1 is 1.27 bits per heavy atom. The molecule has 2 aromatic carbocycles. The third-order valence-corrected chi connectivity index (χ3v) is 6.23. The van der Waals surface area contributed by atoms with Gasteiger partial charge in [0.1, 0.15) is 17.6 Å². The van der Waals surface area contributed by atoms with Gasteiger partial charge in [0.15, 0.2) is 29.0 Å². The van der Waals surface area contributed by atoms with E-state index in [4.69, 9.17) is 25.4 Å². The van der Waals surface area contributed by atoms with Gasteiger partial charge in [-0.05, 0) is 60.4 Å². The number of H-pyrrole nitrogens is 1. The number of fused-ring (bicyclic) bond motifs is 1. The fourth-order valence-electron chi connectivity index (χ4n) is 4.49. The van der Waals surface area contributed by atoms with Gasteiger partial charge in [-0.3, -0.25) is 15.2 Å². The number of esters is 1. The number of nitrogens with one attached hydrogen (secondary N) is 3. The first-order valence-electron chi connectivity index (χ1n) is 12.3. The number of rotatable bonds is 8. The number of benzene rings is 2. The molecule has 0 saturated carbocycles. The number of ether oxygens (including phenoxy) is 3. The molecule has 0 amide bonds. The molecule has 1 atom stereocenters. The average Bonchev–Trinajstić information content (AvgIpc) is 3.31. The third-order valence-electron chi connectivity index (χ3n) is 6.23. The number of nitrogen functional groups attached to an aromatic ring is 1. The zero-order valence-electron chi connectivity index (χ0n) is 21.7. The number of aromatic amines is 1. The second-order valence-electron chi connectivity index (χ2n) is 9.00. The minimum atomic E-state index is -0.796. The highest BCUT2D eigenvalue weighted by molar-refractivity contribution is 5.98. The number of carbonyl (C=O) groups is 1. The highest BCUT2D eigenvalue weighted by Gasteiger charge is 2.26. The zero-order chi connectivity index (χ0) is 28.4. The van der Waals surface area contributed by atoms with E-state index in [0.717, 1.165) is 23.1 Å². The molecule has 1 aliphatic rings. The van der Waals surface area contributed by atoms with Crippen LogP contribution in [-0.4, -0.2) is 45.3 Å². The number of nitrogens with two attached hydrogens (primary N) is 1. The van der Waals surface area contributed by atoms with Crippen LogP contribution in [0.4, 0.5) is 10.1 Å². The lowest BCUT2D eigenvalue weighted by Gasteiger charge is -2.24. The number of anilines is 1. The van der Waals surface area contributed by atoms with E-state index in [-0.39, 0.29) is 28.8 Å². The number of hydrogen-bond donors (Lipinski definition) is 4. The summed E-state index contributed by atoms with van der Waals surface area (Å²) in [6.07, 6.45) is 2.93. The maximum Gasteiger partial charge on any atom is 0.349 e. The first-order chi connectivity index (χ1) is 19.2. The quantitative estimate of drug-likeness (QED) is 0.112. The summed E-state index contributed by atoms with van der Waals surface area (Å²) in [6.45, 7) is 1.81. The third kappa shape index (κ3) is 5.21. The second kappa shape index (κ2) is 10.9. The van der Waals surface area contributed by atoms with E-state index < -0.39 is 23.5 Å². The first-order valence-corrected chi connectivity index (χ1v) is 12.3. The number of halogens is 1. The molecule has 12 nitrogen and oxygen atoms in total. The van der Waals surface area contributed by atoms with Crippen LogP contribution < -0.4 is 31.0 Å². The Hall–Kier alpha value is -5.20. The van der Waals surface area contributed by atoms with E-state index in [9.17, 15) is 14.0 Å². The molecule has 1 unspecified atom stereocenters. The molecule has 3 heterocycles. The van der Waals surface area contributed by atoms with E-state index in [2.05, 4.69) is 20.4 Å². The van der Waals surface area contributed by atoms with Gasteiger partial charge in [0, 0.05) is 24.9 Å². The van der Waals surface area contributed by atoms with Crippen molar-refractivity contribution in [3.05, 3.63) is 87.5 Å². The molecule has 40 heavy (non-hydrogen) atoms. The van der Waals surface area contributed by atoms with E-state index >= 15 is 0 Å². The molecule has 2 aromatic heterocycles. The Morgan fingerprint density at radius 2 is 2.10 bits per heavy atom. The molecule has 1 aliphatic heterocycles. The van der Waals surface area contributed by atoms with Gasteiger partial charge in [-0.15, -0.1) is 5.10 Å². The number of pyridine rings is 1. The van der Waals surface area contributed by atoms with Crippen LogP contribution in [0.1, 0.15) is 41.9 Å². The summed E-state index contributed by atoms with van der Waals surface area (Å²) in [6, 6.07) is 10.2. The monoisotopic (exact) mass is 547 g/mol. The van der Waals surface area contributed by atoms with Gasteiger partial charge in [-0.1, -0.05) is 0 Å². The second-order valence-corrected chi connectivity index (χ2v) is 9.00. The normalized spacial score (nSPS) is 13.1. The van der Waals surface area contributed by atoms with Crippen molar-refractivity contribution in [2.75, 3.05) is 19.0 Å². The topological polar surface area (TPSA) is 170 Å². The van der Waals surface area contributed by atoms with Crippen LogP contribution in [0.5, 0.6) is 17.2 Å². The number of methoxy groups -OCH3 is 1. The van der Waals surface area contributed by atoms with Crippen molar-refractivity contribution in [1.82, 2.24) is 19.7 Å². The fraction of sp³-hybridized carbons (Fsp3) is 0.222. The van der Waals surface area contributed by atoms with Crippen molar-refractivity contribution in [2.45, 2.75) is 25.8 Å².